The minimum atomic E-state index is -1.24. The van der Waals surface area contributed by atoms with E-state index in [1.54, 1.807) is 12.2 Å². The molecule has 0 amide bonds. The molecule has 0 aromatic carbocycles. The average Bonchev–Trinajstić information content (AvgIpc) is 2.50. The van der Waals surface area contributed by atoms with Crippen LogP contribution in [-0.2, 0) is 4.79 Å². The lowest BCUT2D eigenvalue weighted by atomic mass is 9.72. The zero-order valence-electron chi connectivity index (χ0n) is 17.2. The predicted octanol–water partition coefficient (Wildman–Crippen LogP) is 5.72. The fraction of sp³-hybridized carbons (Fsp3) is 0.450. The number of carbonyl (C=O) groups excluding carboxylic acids is 1. The Morgan fingerprint density at radius 1 is 1.19 bits per heavy atom. The lowest BCUT2D eigenvalue weighted by Crippen LogP contribution is -2.19. The molecule has 1 aliphatic rings. The van der Waals surface area contributed by atoms with Gasteiger partial charge in [-0.3, -0.25) is 4.79 Å². The maximum Gasteiger partial charge on any atom is 0.143 e. The molecule has 0 unspecified atom stereocenters. The van der Waals surface area contributed by atoms with Gasteiger partial charge in [0.25, 0.3) is 0 Å². The molecule has 1 rings (SSSR count). The maximum absolute atomic E-state index is 10.5. The second-order valence-electron chi connectivity index (χ2n) is 6.09. The third-order valence-electron chi connectivity index (χ3n) is 3.82. The summed E-state index contributed by atoms with van der Waals surface area (Å²) in [6.07, 6.45) is 13.7. The molecule has 0 atom stereocenters. The van der Waals surface area contributed by atoms with E-state index in [0.717, 1.165) is 12.8 Å². The van der Waals surface area contributed by atoms with E-state index in [4.69, 9.17) is 5.48 Å². The van der Waals surface area contributed by atoms with Crippen LogP contribution in [0.2, 0.25) is 0 Å². The summed E-state index contributed by atoms with van der Waals surface area (Å²) >= 11 is 0. The first kappa shape index (κ1) is 12.0. The molecule has 0 aromatic heterocycles. The van der Waals surface area contributed by atoms with Crippen molar-refractivity contribution >= 4 is 6.29 Å². The minimum absolute atomic E-state index is 0.100. The highest BCUT2D eigenvalue weighted by Crippen LogP contribution is 2.40. The van der Waals surface area contributed by atoms with Crippen LogP contribution in [0.5, 0.6) is 0 Å². The van der Waals surface area contributed by atoms with Crippen LogP contribution in [0.3, 0.4) is 0 Å². The van der Waals surface area contributed by atoms with Crippen LogP contribution in [0.25, 0.3) is 0 Å². The van der Waals surface area contributed by atoms with Crippen LogP contribution in [0, 0.1) is 5.41 Å². The Kier molecular flexibility index (Phi) is 4.54. The summed E-state index contributed by atoms with van der Waals surface area (Å²) in [7, 11) is 0. The topological polar surface area (TPSA) is 17.1 Å². The van der Waals surface area contributed by atoms with Crippen molar-refractivity contribution in [3.8, 4) is 0 Å². The molecule has 1 aliphatic carbocycles. The Bertz CT molecular complexity index is 620. The van der Waals surface area contributed by atoms with Crippen molar-refractivity contribution in [2.75, 3.05) is 0 Å². The van der Waals surface area contributed by atoms with Gasteiger partial charge in [-0.2, -0.15) is 0 Å². The van der Waals surface area contributed by atoms with E-state index in [0.29, 0.717) is 11.9 Å². The Hall–Kier alpha value is -1.63. The summed E-state index contributed by atoms with van der Waals surface area (Å²) in [5, 5.41) is 0. The van der Waals surface area contributed by atoms with E-state index < -0.39 is 13.8 Å². The SMILES string of the molecule is [2H]C([2H])C(/C=C/C=C(/C=C/C1=C(C)CCCC1(C)C)C([2H])[2H])=C\C=O. The molecule has 0 N–H and O–H groups in total. The highest BCUT2D eigenvalue weighted by molar-refractivity contribution is 5.66. The summed E-state index contributed by atoms with van der Waals surface area (Å²) in [4.78, 5) is 10.5. The van der Waals surface area contributed by atoms with Crippen molar-refractivity contribution in [2.24, 2.45) is 5.41 Å². The van der Waals surface area contributed by atoms with Gasteiger partial charge < -0.3 is 0 Å². The number of allylic oxidation sites excluding steroid dienone is 10. The standard InChI is InChI=1S/C20H28O/c1-16(8-6-9-17(2)13-15-21)11-12-19-18(3)10-7-14-20(19,4)5/h6,8-9,11-13,15H,7,10,14H2,1-5H3/b9-6+,12-11+,16-8+,17-13+/i1D2,2D2. The molecule has 114 valence electrons. The third kappa shape index (κ3) is 5.71. The molecule has 0 fully saturated rings. The van der Waals surface area contributed by atoms with Crippen molar-refractivity contribution in [3.63, 3.8) is 0 Å². The Morgan fingerprint density at radius 2 is 1.90 bits per heavy atom. The monoisotopic (exact) mass is 288 g/mol. The maximum atomic E-state index is 10.5. The first-order valence-corrected chi connectivity index (χ1v) is 7.30. The van der Waals surface area contributed by atoms with Gasteiger partial charge in [-0.15, -0.1) is 0 Å². The van der Waals surface area contributed by atoms with E-state index in [1.165, 1.54) is 29.7 Å². The van der Waals surface area contributed by atoms with Crippen molar-refractivity contribution in [3.05, 3.63) is 58.7 Å². The largest absolute Gasteiger partial charge is 0.299 e. The predicted molar refractivity (Wildman–Crippen MR) is 92.2 cm³/mol. The molecular formula is C20H28O. The number of hydrogen-bond acceptors (Lipinski definition) is 1. The molecule has 0 heterocycles. The molecular weight excluding hydrogens is 256 g/mol. The highest BCUT2D eigenvalue weighted by Gasteiger charge is 2.26. The number of carbonyl (C=O) groups is 1. The van der Waals surface area contributed by atoms with Gasteiger partial charge in [0.15, 0.2) is 0 Å². The Morgan fingerprint density at radius 3 is 2.52 bits per heavy atom. The average molecular weight is 288 g/mol. The van der Waals surface area contributed by atoms with Crippen LogP contribution in [0.4, 0.5) is 0 Å². The van der Waals surface area contributed by atoms with Gasteiger partial charge in [0.1, 0.15) is 6.29 Å². The summed E-state index contributed by atoms with van der Waals surface area (Å²) in [5.41, 5.74) is 3.52. The fourth-order valence-corrected chi connectivity index (χ4v) is 2.65. The summed E-state index contributed by atoms with van der Waals surface area (Å²) < 4.78 is 30.1. The van der Waals surface area contributed by atoms with Crippen LogP contribution in [0.1, 0.15) is 59.3 Å². The molecule has 0 bridgehead atoms. The van der Waals surface area contributed by atoms with Crippen LogP contribution in [0.15, 0.2) is 58.7 Å². The Balaban J connectivity index is 3.05. The summed E-state index contributed by atoms with van der Waals surface area (Å²) in [5.74, 6) is 0. The molecule has 21 heavy (non-hydrogen) atoms. The molecule has 0 spiro atoms. The summed E-state index contributed by atoms with van der Waals surface area (Å²) in [6.45, 7) is 4.21. The number of rotatable bonds is 5. The van der Waals surface area contributed by atoms with Gasteiger partial charge in [0, 0.05) is 5.48 Å². The number of aldehydes is 1. The molecule has 0 aliphatic heterocycles. The normalized spacial score (nSPS) is 23.7. The molecule has 0 aromatic rings. The van der Waals surface area contributed by atoms with Crippen molar-refractivity contribution in [1.82, 2.24) is 0 Å². The van der Waals surface area contributed by atoms with Gasteiger partial charge in [-0.1, -0.05) is 55.4 Å². The van der Waals surface area contributed by atoms with Crippen LogP contribution < -0.4 is 0 Å². The smallest absolute Gasteiger partial charge is 0.143 e. The molecule has 0 saturated heterocycles. The first-order chi connectivity index (χ1) is 11.7. The third-order valence-corrected chi connectivity index (χ3v) is 3.82. The number of hydrogen-bond donors (Lipinski definition) is 0. The highest BCUT2D eigenvalue weighted by atomic mass is 16.1. The molecule has 0 saturated carbocycles. The second-order valence-corrected chi connectivity index (χ2v) is 6.09. The molecule has 1 nitrogen and oxygen atoms in total. The van der Waals surface area contributed by atoms with Gasteiger partial charge in [-0.25, -0.2) is 0 Å². The van der Waals surface area contributed by atoms with Crippen molar-refractivity contribution in [1.29, 1.82) is 0 Å². The van der Waals surface area contributed by atoms with E-state index in [-0.39, 0.29) is 11.0 Å². The van der Waals surface area contributed by atoms with Crippen molar-refractivity contribution < 1.29 is 10.3 Å². The summed E-state index contributed by atoms with van der Waals surface area (Å²) in [6, 6.07) is 0. The lowest BCUT2D eigenvalue weighted by Gasteiger charge is -2.32. The molecule has 1 heteroatoms. The van der Waals surface area contributed by atoms with Crippen LogP contribution >= 0.6 is 0 Å². The second kappa shape index (κ2) is 7.97. The van der Waals surface area contributed by atoms with Gasteiger partial charge in [0.2, 0.25) is 0 Å². The van der Waals surface area contributed by atoms with E-state index in [9.17, 15) is 4.79 Å². The van der Waals surface area contributed by atoms with Gasteiger partial charge in [0.05, 0.1) is 0 Å². The Labute approximate surface area is 135 Å². The van der Waals surface area contributed by atoms with Gasteiger partial charge in [-0.05, 0) is 62.6 Å². The minimum Gasteiger partial charge on any atom is -0.299 e. The zero-order chi connectivity index (χ0) is 19.0. The van der Waals surface area contributed by atoms with E-state index in [2.05, 4.69) is 20.8 Å². The lowest BCUT2D eigenvalue weighted by molar-refractivity contribution is -0.104. The van der Waals surface area contributed by atoms with Gasteiger partial charge >= 0.3 is 0 Å². The zero-order valence-corrected chi connectivity index (χ0v) is 13.2. The van der Waals surface area contributed by atoms with E-state index in [1.807, 2.05) is 12.2 Å². The quantitative estimate of drug-likeness (QED) is 0.359. The van der Waals surface area contributed by atoms with Crippen LogP contribution in [-0.4, -0.2) is 6.29 Å². The van der Waals surface area contributed by atoms with E-state index >= 15 is 0 Å². The fourth-order valence-electron chi connectivity index (χ4n) is 2.65. The van der Waals surface area contributed by atoms with Crippen molar-refractivity contribution in [2.45, 2.75) is 53.8 Å². The first-order valence-electron chi connectivity index (χ1n) is 9.61. The molecule has 0 radical (unpaired) electrons.